The number of hydroxylamine groups is 2. The van der Waals surface area contributed by atoms with E-state index in [1.165, 1.54) is 12.8 Å². The van der Waals surface area contributed by atoms with E-state index in [-0.39, 0.29) is 0 Å². The fourth-order valence-electron chi connectivity index (χ4n) is 3.00. The van der Waals surface area contributed by atoms with Gasteiger partial charge in [-0.2, -0.15) is 5.06 Å². The van der Waals surface area contributed by atoms with E-state index in [9.17, 15) is 0 Å². The van der Waals surface area contributed by atoms with Crippen LogP contribution in [0.4, 0.5) is 0 Å². The predicted molar refractivity (Wildman–Crippen MR) is 64.1 cm³/mol. The lowest BCUT2D eigenvalue weighted by Crippen LogP contribution is -2.46. The number of rotatable bonds is 4. The Bertz CT molecular complexity index is 216. The third-order valence-electron chi connectivity index (χ3n) is 3.42. The maximum atomic E-state index is 5.94. The van der Waals surface area contributed by atoms with Crippen molar-refractivity contribution in [2.75, 3.05) is 0 Å². The third-order valence-corrected chi connectivity index (χ3v) is 3.42. The molecule has 0 radical (unpaired) electrons. The Morgan fingerprint density at radius 3 is 1.94 bits per heavy atom. The summed E-state index contributed by atoms with van der Waals surface area (Å²) in [7, 11) is 0. The molecule has 2 aliphatic heterocycles. The molecule has 3 nitrogen and oxygen atoms in total. The molecule has 0 N–H and O–H groups in total. The van der Waals surface area contributed by atoms with Crippen molar-refractivity contribution in [2.24, 2.45) is 0 Å². The molecule has 16 heavy (non-hydrogen) atoms. The van der Waals surface area contributed by atoms with Crippen molar-refractivity contribution >= 4 is 0 Å². The normalized spacial score (nSPS) is 35.2. The van der Waals surface area contributed by atoms with E-state index in [0.717, 1.165) is 12.8 Å². The molecule has 2 fully saturated rings. The Morgan fingerprint density at radius 2 is 1.50 bits per heavy atom. The molecule has 0 aromatic rings. The van der Waals surface area contributed by atoms with Crippen LogP contribution in [0, 0.1) is 0 Å². The molecule has 2 heterocycles. The van der Waals surface area contributed by atoms with Gasteiger partial charge in [0.15, 0.2) is 0 Å². The van der Waals surface area contributed by atoms with Crippen LogP contribution in [0.2, 0.25) is 0 Å². The second-order valence-electron chi connectivity index (χ2n) is 5.68. The highest BCUT2D eigenvalue weighted by molar-refractivity contribution is 4.92. The van der Waals surface area contributed by atoms with Gasteiger partial charge in [0.25, 0.3) is 0 Å². The van der Waals surface area contributed by atoms with E-state index in [0.29, 0.717) is 30.4 Å². The number of hydrogen-bond donors (Lipinski definition) is 0. The third kappa shape index (κ3) is 2.76. The molecule has 0 amide bonds. The van der Waals surface area contributed by atoms with Crippen molar-refractivity contribution in [2.45, 2.75) is 83.8 Å². The average Bonchev–Trinajstić information content (AvgIpc) is 2.43. The zero-order valence-corrected chi connectivity index (χ0v) is 11.0. The standard InChI is InChI=1S/C13H25NO2/c1-9(2)15-13-7-11-5-6-12(8-13)14(11)16-10(3)4/h9-13H,5-8H2,1-4H3/t11-,12+,13-. The van der Waals surface area contributed by atoms with E-state index < -0.39 is 0 Å². The maximum absolute atomic E-state index is 5.94. The summed E-state index contributed by atoms with van der Waals surface area (Å²) in [5, 5.41) is 2.25. The first-order chi connectivity index (χ1) is 7.56. The van der Waals surface area contributed by atoms with E-state index >= 15 is 0 Å². The van der Waals surface area contributed by atoms with Crippen molar-refractivity contribution in [3.63, 3.8) is 0 Å². The molecule has 2 saturated heterocycles. The minimum Gasteiger partial charge on any atom is -0.375 e. The van der Waals surface area contributed by atoms with Gasteiger partial charge in [-0.3, -0.25) is 4.84 Å². The summed E-state index contributed by atoms with van der Waals surface area (Å²) in [4.78, 5) is 5.91. The molecule has 3 heteroatoms. The van der Waals surface area contributed by atoms with Crippen molar-refractivity contribution in [1.82, 2.24) is 5.06 Å². The smallest absolute Gasteiger partial charge is 0.0737 e. The maximum Gasteiger partial charge on any atom is 0.0737 e. The lowest BCUT2D eigenvalue weighted by atomic mass is 10.0. The van der Waals surface area contributed by atoms with Gasteiger partial charge >= 0.3 is 0 Å². The fourth-order valence-corrected chi connectivity index (χ4v) is 3.00. The zero-order chi connectivity index (χ0) is 11.7. The largest absolute Gasteiger partial charge is 0.375 e. The van der Waals surface area contributed by atoms with Gasteiger partial charge in [-0.05, 0) is 53.4 Å². The number of piperidine rings is 1. The van der Waals surface area contributed by atoms with Gasteiger partial charge in [-0.15, -0.1) is 0 Å². The van der Waals surface area contributed by atoms with Crippen LogP contribution in [0.3, 0.4) is 0 Å². The van der Waals surface area contributed by atoms with Crippen LogP contribution in [0.25, 0.3) is 0 Å². The molecule has 0 aromatic heterocycles. The van der Waals surface area contributed by atoms with Crippen LogP contribution in [-0.4, -0.2) is 35.5 Å². The molecule has 2 rings (SSSR count). The second kappa shape index (κ2) is 5.03. The highest BCUT2D eigenvalue weighted by atomic mass is 16.7. The minimum absolute atomic E-state index is 0.297. The van der Waals surface area contributed by atoms with E-state index in [4.69, 9.17) is 9.57 Å². The van der Waals surface area contributed by atoms with Crippen molar-refractivity contribution in [3.8, 4) is 0 Å². The Morgan fingerprint density at radius 1 is 0.938 bits per heavy atom. The zero-order valence-electron chi connectivity index (χ0n) is 11.0. The number of hydrogen-bond acceptors (Lipinski definition) is 3. The van der Waals surface area contributed by atoms with Crippen LogP contribution in [-0.2, 0) is 9.57 Å². The summed E-state index contributed by atoms with van der Waals surface area (Å²) in [6.45, 7) is 8.46. The van der Waals surface area contributed by atoms with Gasteiger partial charge < -0.3 is 4.74 Å². The summed E-state index contributed by atoms with van der Waals surface area (Å²) >= 11 is 0. The average molecular weight is 227 g/mol. The fraction of sp³-hybridized carbons (Fsp3) is 1.00. The molecule has 0 saturated carbocycles. The molecule has 0 aliphatic carbocycles. The molecule has 2 aliphatic rings. The molecule has 94 valence electrons. The molecular weight excluding hydrogens is 202 g/mol. The van der Waals surface area contributed by atoms with Crippen LogP contribution >= 0.6 is 0 Å². The predicted octanol–water partition coefficient (Wildman–Crippen LogP) is 2.75. The van der Waals surface area contributed by atoms with Gasteiger partial charge in [0.05, 0.1) is 18.3 Å². The van der Waals surface area contributed by atoms with Gasteiger partial charge in [-0.1, -0.05) is 0 Å². The van der Waals surface area contributed by atoms with Crippen molar-refractivity contribution in [1.29, 1.82) is 0 Å². The van der Waals surface area contributed by atoms with Crippen LogP contribution in [0.1, 0.15) is 53.4 Å². The summed E-state index contributed by atoms with van der Waals surface area (Å²) < 4.78 is 5.94. The lowest BCUT2D eigenvalue weighted by Gasteiger charge is -2.39. The van der Waals surface area contributed by atoms with E-state index in [1.807, 2.05) is 0 Å². The van der Waals surface area contributed by atoms with Crippen LogP contribution in [0.15, 0.2) is 0 Å². The summed E-state index contributed by atoms with van der Waals surface area (Å²) in [6.07, 6.45) is 5.92. The van der Waals surface area contributed by atoms with Crippen LogP contribution < -0.4 is 0 Å². The van der Waals surface area contributed by atoms with E-state index in [2.05, 4.69) is 32.8 Å². The number of ether oxygens (including phenoxy) is 1. The van der Waals surface area contributed by atoms with Crippen LogP contribution in [0.5, 0.6) is 0 Å². The Labute approximate surface area is 99.0 Å². The van der Waals surface area contributed by atoms with Gasteiger partial charge in [0.1, 0.15) is 0 Å². The van der Waals surface area contributed by atoms with Gasteiger partial charge in [-0.25, -0.2) is 0 Å². The second-order valence-corrected chi connectivity index (χ2v) is 5.68. The molecule has 0 unspecified atom stereocenters. The highest BCUT2D eigenvalue weighted by Crippen LogP contribution is 2.37. The van der Waals surface area contributed by atoms with E-state index in [1.54, 1.807) is 0 Å². The summed E-state index contributed by atoms with van der Waals surface area (Å²) in [5.74, 6) is 0. The van der Waals surface area contributed by atoms with Crippen molar-refractivity contribution in [3.05, 3.63) is 0 Å². The first-order valence-corrected chi connectivity index (χ1v) is 6.66. The van der Waals surface area contributed by atoms with Crippen molar-refractivity contribution < 1.29 is 9.57 Å². The first kappa shape index (κ1) is 12.3. The number of fused-ring (bicyclic) bond motifs is 2. The Balaban J connectivity index is 1.90. The SMILES string of the molecule is CC(C)O[C@@H]1C[C@H]2CC[C@@H](C1)N2OC(C)C. The monoisotopic (exact) mass is 227 g/mol. The first-order valence-electron chi connectivity index (χ1n) is 6.66. The minimum atomic E-state index is 0.297. The molecule has 0 aromatic carbocycles. The summed E-state index contributed by atoms with van der Waals surface area (Å²) in [6, 6.07) is 1.18. The Hall–Kier alpha value is -0.120. The Kier molecular flexibility index (Phi) is 3.88. The topological polar surface area (TPSA) is 21.7 Å². The number of nitrogens with zero attached hydrogens (tertiary/aromatic N) is 1. The summed E-state index contributed by atoms with van der Waals surface area (Å²) in [5.41, 5.74) is 0. The lowest BCUT2D eigenvalue weighted by molar-refractivity contribution is -0.242. The quantitative estimate of drug-likeness (QED) is 0.737. The van der Waals surface area contributed by atoms with Gasteiger partial charge in [0, 0.05) is 12.1 Å². The highest BCUT2D eigenvalue weighted by Gasteiger charge is 2.42. The van der Waals surface area contributed by atoms with Gasteiger partial charge in [0.2, 0.25) is 0 Å². The molecule has 3 atom stereocenters. The molecule has 2 bridgehead atoms. The molecular formula is C13H25NO2. The molecule has 0 spiro atoms.